The van der Waals surface area contributed by atoms with E-state index in [1.54, 1.807) is 6.92 Å². The number of nitrogens with one attached hydrogen (secondary N) is 1. The van der Waals surface area contributed by atoms with Gasteiger partial charge >= 0.3 is 5.97 Å². The maximum atomic E-state index is 12.5. The van der Waals surface area contributed by atoms with Gasteiger partial charge in [0.05, 0.1) is 19.1 Å². The number of benzene rings is 1. The topological polar surface area (TPSA) is 55.4 Å². The zero-order valence-electron chi connectivity index (χ0n) is 13.3. The van der Waals surface area contributed by atoms with Crippen LogP contribution in [0.25, 0.3) is 0 Å². The first kappa shape index (κ1) is 17.4. The average Bonchev–Trinajstić information content (AvgIpc) is 2.45. The second-order valence-corrected chi connectivity index (χ2v) is 5.30. The molecule has 1 aromatic rings. The summed E-state index contributed by atoms with van der Waals surface area (Å²) >= 11 is 0. The third kappa shape index (κ3) is 5.68. The third-order valence-corrected chi connectivity index (χ3v) is 3.17. The molecular formula is C17H25NO3. The van der Waals surface area contributed by atoms with Crippen molar-refractivity contribution in [3.05, 3.63) is 35.4 Å². The van der Waals surface area contributed by atoms with Crippen LogP contribution in [0, 0.1) is 0 Å². The fourth-order valence-electron chi connectivity index (χ4n) is 2.12. The monoisotopic (exact) mass is 291 g/mol. The van der Waals surface area contributed by atoms with E-state index in [1.807, 2.05) is 38.1 Å². The fraction of sp³-hybridized carbons (Fsp3) is 0.529. The lowest BCUT2D eigenvalue weighted by Crippen LogP contribution is -2.42. The third-order valence-electron chi connectivity index (χ3n) is 3.17. The molecule has 0 fully saturated rings. The molecule has 4 nitrogen and oxygen atoms in total. The number of aryl methyl sites for hydroxylation is 1. The van der Waals surface area contributed by atoms with E-state index in [2.05, 4.69) is 12.2 Å². The van der Waals surface area contributed by atoms with Gasteiger partial charge in [0.1, 0.15) is 0 Å². The van der Waals surface area contributed by atoms with Crippen LogP contribution in [-0.4, -0.2) is 30.4 Å². The van der Waals surface area contributed by atoms with Crippen molar-refractivity contribution in [2.45, 2.75) is 52.6 Å². The normalized spacial score (nSPS) is 12.2. The molecule has 0 aliphatic heterocycles. The molecule has 21 heavy (non-hydrogen) atoms. The van der Waals surface area contributed by atoms with Crippen LogP contribution in [0.3, 0.4) is 0 Å². The van der Waals surface area contributed by atoms with Gasteiger partial charge in [-0.2, -0.15) is 0 Å². The van der Waals surface area contributed by atoms with Gasteiger partial charge in [-0.25, -0.2) is 0 Å². The van der Waals surface area contributed by atoms with E-state index in [-0.39, 0.29) is 24.2 Å². The summed E-state index contributed by atoms with van der Waals surface area (Å²) < 4.78 is 4.95. The molecule has 0 aliphatic rings. The Morgan fingerprint density at radius 1 is 1.14 bits per heavy atom. The summed E-state index contributed by atoms with van der Waals surface area (Å²) in [5, 5.41) is 3.15. The molecule has 4 heteroatoms. The zero-order valence-corrected chi connectivity index (χ0v) is 13.3. The van der Waals surface area contributed by atoms with Crippen LogP contribution in [0.5, 0.6) is 0 Å². The van der Waals surface area contributed by atoms with Crippen LogP contribution in [0.1, 0.15) is 50.0 Å². The number of Topliss-reactive ketones (excluding diaryl/α,β-unsaturated/α-hetero) is 1. The van der Waals surface area contributed by atoms with E-state index in [0.29, 0.717) is 12.2 Å². The first-order valence-electron chi connectivity index (χ1n) is 7.52. The van der Waals surface area contributed by atoms with Crippen molar-refractivity contribution in [2.24, 2.45) is 0 Å². The highest BCUT2D eigenvalue weighted by atomic mass is 16.5. The molecule has 1 N–H and O–H groups in total. The lowest BCUT2D eigenvalue weighted by molar-refractivity contribution is -0.143. The van der Waals surface area contributed by atoms with Crippen LogP contribution in [-0.2, 0) is 16.0 Å². The van der Waals surface area contributed by atoms with Gasteiger partial charge in [-0.15, -0.1) is 0 Å². The Labute approximate surface area is 126 Å². The predicted molar refractivity (Wildman–Crippen MR) is 83.5 cm³/mol. The van der Waals surface area contributed by atoms with Gasteiger partial charge in [0, 0.05) is 11.6 Å². The van der Waals surface area contributed by atoms with Crippen molar-refractivity contribution in [1.29, 1.82) is 0 Å². The summed E-state index contributed by atoms with van der Waals surface area (Å²) in [6.07, 6.45) is 0.991. The van der Waals surface area contributed by atoms with Crippen molar-refractivity contribution in [3.63, 3.8) is 0 Å². The maximum Gasteiger partial charge on any atom is 0.307 e. The highest BCUT2D eigenvalue weighted by molar-refractivity contribution is 6.01. The van der Waals surface area contributed by atoms with Gasteiger partial charge in [0.25, 0.3) is 0 Å². The lowest BCUT2D eigenvalue weighted by Gasteiger charge is -2.19. The Balaban J connectivity index is 2.84. The lowest BCUT2D eigenvalue weighted by atomic mass is 9.99. The Kier molecular flexibility index (Phi) is 7.09. The molecule has 0 saturated carbocycles. The van der Waals surface area contributed by atoms with Crippen molar-refractivity contribution in [1.82, 2.24) is 5.32 Å². The van der Waals surface area contributed by atoms with Gasteiger partial charge in [-0.05, 0) is 18.9 Å². The van der Waals surface area contributed by atoms with E-state index < -0.39 is 6.04 Å². The van der Waals surface area contributed by atoms with Crippen molar-refractivity contribution in [3.8, 4) is 0 Å². The highest BCUT2D eigenvalue weighted by Crippen LogP contribution is 2.11. The minimum Gasteiger partial charge on any atom is -0.466 e. The molecule has 0 aliphatic carbocycles. The first-order chi connectivity index (χ1) is 9.97. The molecule has 0 saturated heterocycles. The number of ketones is 1. The van der Waals surface area contributed by atoms with Gasteiger partial charge < -0.3 is 10.1 Å². The molecule has 1 unspecified atom stereocenters. The smallest absolute Gasteiger partial charge is 0.307 e. The Hall–Kier alpha value is -1.68. The van der Waals surface area contributed by atoms with E-state index >= 15 is 0 Å². The predicted octanol–water partition coefficient (Wildman–Crippen LogP) is 2.75. The molecular weight excluding hydrogens is 266 g/mol. The summed E-state index contributed by atoms with van der Waals surface area (Å²) in [4.78, 5) is 24.2. The Morgan fingerprint density at radius 3 is 2.24 bits per heavy atom. The molecule has 116 valence electrons. The summed E-state index contributed by atoms with van der Waals surface area (Å²) in [7, 11) is 0. The largest absolute Gasteiger partial charge is 0.466 e. The number of esters is 1. The van der Waals surface area contributed by atoms with E-state index in [0.717, 1.165) is 6.42 Å². The first-order valence-corrected chi connectivity index (χ1v) is 7.52. The Morgan fingerprint density at radius 2 is 1.76 bits per heavy atom. The summed E-state index contributed by atoms with van der Waals surface area (Å²) in [5.74, 6) is -0.423. The maximum absolute atomic E-state index is 12.5. The number of ether oxygens (including phenoxy) is 1. The fourth-order valence-corrected chi connectivity index (χ4v) is 2.12. The van der Waals surface area contributed by atoms with Crippen molar-refractivity contribution in [2.75, 3.05) is 6.61 Å². The van der Waals surface area contributed by atoms with Gasteiger partial charge in [0.15, 0.2) is 5.78 Å². The summed E-state index contributed by atoms with van der Waals surface area (Å²) in [6.45, 7) is 8.05. The van der Waals surface area contributed by atoms with Crippen LogP contribution in [0.4, 0.5) is 0 Å². The number of carbonyl (C=O) groups is 2. The van der Waals surface area contributed by atoms with E-state index in [1.165, 1.54) is 5.56 Å². The molecule has 1 atom stereocenters. The second-order valence-electron chi connectivity index (χ2n) is 5.30. The van der Waals surface area contributed by atoms with Crippen molar-refractivity contribution < 1.29 is 14.3 Å². The second kappa shape index (κ2) is 8.57. The molecule has 0 radical (unpaired) electrons. The number of carbonyl (C=O) groups excluding carboxylic acids is 2. The van der Waals surface area contributed by atoms with Crippen molar-refractivity contribution >= 4 is 11.8 Å². The van der Waals surface area contributed by atoms with Gasteiger partial charge in [0.2, 0.25) is 0 Å². The quantitative estimate of drug-likeness (QED) is 0.591. The minimum absolute atomic E-state index is 0.0559. The Bertz CT molecular complexity index is 465. The number of hydrogen-bond acceptors (Lipinski definition) is 4. The van der Waals surface area contributed by atoms with E-state index in [9.17, 15) is 9.59 Å². The zero-order chi connectivity index (χ0) is 15.8. The average molecular weight is 291 g/mol. The molecule has 1 rings (SSSR count). The number of rotatable bonds is 8. The van der Waals surface area contributed by atoms with Gasteiger partial charge in [-0.3, -0.25) is 9.59 Å². The molecule has 0 amide bonds. The molecule has 0 spiro atoms. The molecule has 0 bridgehead atoms. The standard InChI is InChI=1S/C17H25NO3/c1-5-13-7-9-14(10-8-13)17(20)15(18-12(3)4)11-16(19)21-6-2/h7-10,12,15,18H,5-6,11H2,1-4H3. The molecule has 1 aromatic carbocycles. The molecule has 0 heterocycles. The minimum atomic E-state index is -0.545. The summed E-state index contributed by atoms with van der Waals surface area (Å²) in [5.41, 5.74) is 1.81. The van der Waals surface area contributed by atoms with Crippen LogP contribution in [0.15, 0.2) is 24.3 Å². The van der Waals surface area contributed by atoms with Crippen LogP contribution >= 0.6 is 0 Å². The van der Waals surface area contributed by atoms with Gasteiger partial charge in [-0.1, -0.05) is 45.0 Å². The highest BCUT2D eigenvalue weighted by Gasteiger charge is 2.24. The molecule has 0 aromatic heterocycles. The number of hydrogen-bond donors (Lipinski definition) is 1. The summed E-state index contributed by atoms with van der Waals surface area (Å²) in [6, 6.07) is 7.11. The van der Waals surface area contributed by atoms with Crippen LogP contribution in [0.2, 0.25) is 0 Å². The SMILES string of the molecule is CCOC(=O)CC(NC(C)C)C(=O)c1ccc(CC)cc1. The van der Waals surface area contributed by atoms with E-state index in [4.69, 9.17) is 4.74 Å². The van der Waals surface area contributed by atoms with Crippen LogP contribution < -0.4 is 5.32 Å².